The van der Waals surface area contributed by atoms with Crippen LogP contribution in [0.5, 0.6) is 0 Å². The van der Waals surface area contributed by atoms with Crippen LogP contribution in [0.1, 0.15) is 38.4 Å². The standard InChI is InChI=1S/C12H18ClNO/c1-9-3-2-4-10(7-9)14-8-11-5-6-12(13)15-11/h5-6,9-10,14H,2-4,7-8H2,1H3. The van der Waals surface area contributed by atoms with Gasteiger partial charge in [-0.2, -0.15) is 0 Å². The fraction of sp³-hybridized carbons (Fsp3) is 0.667. The van der Waals surface area contributed by atoms with E-state index in [-0.39, 0.29) is 0 Å². The topological polar surface area (TPSA) is 25.2 Å². The molecule has 1 saturated carbocycles. The van der Waals surface area contributed by atoms with Crippen molar-refractivity contribution in [2.24, 2.45) is 5.92 Å². The lowest BCUT2D eigenvalue weighted by Crippen LogP contribution is -2.32. The Kier molecular flexibility index (Phi) is 3.71. The maximum Gasteiger partial charge on any atom is 0.193 e. The molecule has 0 aromatic carbocycles. The Labute approximate surface area is 96.0 Å². The van der Waals surface area contributed by atoms with E-state index in [1.165, 1.54) is 25.7 Å². The smallest absolute Gasteiger partial charge is 0.193 e. The van der Waals surface area contributed by atoms with E-state index in [9.17, 15) is 0 Å². The summed E-state index contributed by atoms with van der Waals surface area (Å²) in [7, 11) is 0. The molecule has 0 amide bonds. The predicted molar refractivity (Wildman–Crippen MR) is 62.0 cm³/mol. The average Bonchev–Trinajstić information content (AvgIpc) is 2.62. The number of nitrogens with one attached hydrogen (secondary N) is 1. The Balaban J connectivity index is 1.77. The van der Waals surface area contributed by atoms with Gasteiger partial charge in [0.15, 0.2) is 5.22 Å². The molecule has 1 aromatic rings. The molecular formula is C12H18ClNO. The van der Waals surface area contributed by atoms with Crippen molar-refractivity contribution in [3.05, 3.63) is 23.1 Å². The molecule has 2 nitrogen and oxygen atoms in total. The fourth-order valence-corrected chi connectivity index (χ4v) is 2.47. The Bertz CT molecular complexity index is 310. The van der Waals surface area contributed by atoms with Gasteiger partial charge in [0.1, 0.15) is 5.76 Å². The molecule has 0 radical (unpaired) electrons. The zero-order valence-corrected chi connectivity index (χ0v) is 9.89. The monoisotopic (exact) mass is 227 g/mol. The van der Waals surface area contributed by atoms with Crippen molar-refractivity contribution < 1.29 is 4.42 Å². The molecule has 0 saturated heterocycles. The number of rotatable bonds is 3. The summed E-state index contributed by atoms with van der Waals surface area (Å²) in [5.41, 5.74) is 0. The molecule has 2 unspecified atom stereocenters. The van der Waals surface area contributed by atoms with Gasteiger partial charge >= 0.3 is 0 Å². The lowest BCUT2D eigenvalue weighted by atomic mass is 9.87. The predicted octanol–water partition coefficient (Wildman–Crippen LogP) is 3.60. The highest BCUT2D eigenvalue weighted by atomic mass is 35.5. The molecule has 84 valence electrons. The second kappa shape index (κ2) is 5.04. The van der Waals surface area contributed by atoms with Crippen LogP contribution in [0.2, 0.25) is 5.22 Å². The molecule has 0 bridgehead atoms. The van der Waals surface area contributed by atoms with Crippen molar-refractivity contribution in [2.45, 2.75) is 45.2 Å². The maximum atomic E-state index is 5.71. The van der Waals surface area contributed by atoms with Gasteiger partial charge in [0.2, 0.25) is 0 Å². The van der Waals surface area contributed by atoms with Crippen LogP contribution >= 0.6 is 11.6 Å². The first-order valence-electron chi connectivity index (χ1n) is 5.71. The zero-order valence-electron chi connectivity index (χ0n) is 9.13. The van der Waals surface area contributed by atoms with Crippen molar-refractivity contribution in [3.8, 4) is 0 Å². The van der Waals surface area contributed by atoms with Gasteiger partial charge in [-0.05, 0) is 42.5 Å². The highest BCUT2D eigenvalue weighted by Gasteiger charge is 2.18. The van der Waals surface area contributed by atoms with E-state index < -0.39 is 0 Å². The molecular weight excluding hydrogens is 210 g/mol. The molecule has 2 atom stereocenters. The SMILES string of the molecule is CC1CCCC(NCc2ccc(Cl)o2)C1. The minimum absolute atomic E-state index is 0.476. The molecule has 0 aliphatic heterocycles. The number of hydrogen-bond acceptors (Lipinski definition) is 2. The second-order valence-corrected chi connectivity index (χ2v) is 4.93. The third-order valence-electron chi connectivity index (χ3n) is 3.13. The van der Waals surface area contributed by atoms with Gasteiger partial charge < -0.3 is 9.73 Å². The summed E-state index contributed by atoms with van der Waals surface area (Å²) in [6.07, 6.45) is 5.30. The average molecular weight is 228 g/mol. The molecule has 1 aromatic heterocycles. The highest BCUT2D eigenvalue weighted by molar-refractivity contribution is 6.28. The molecule has 15 heavy (non-hydrogen) atoms. The Morgan fingerprint density at radius 3 is 3.00 bits per heavy atom. The number of halogens is 1. The number of hydrogen-bond donors (Lipinski definition) is 1. The van der Waals surface area contributed by atoms with E-state index in [4.69, 9.17) is 16.0 Å². The van der Waals surface area contributed by atoms with Crippen LogP contribution in [0.15, 0.2) is 16.5 Å². The first-order valence-corrected chi connectivity index (χ1v) is 6.09. The Morgan fingerprint density at radius 1 is 1.47 bits per heavy atom. The maximum absolute atomic E-state index is 5.71. The largest absolute Gasteiger partial charge is 0.448 e. The molecule has 0 spiro atoms. The van der Waals surface area contributed by atoms with Gasteiger partial charge in [-0.25, -0.2) is 0 Å². The summed E-state index contributed by atoms with van der Waals surface area (Å²) < 4.78 is 5.30. The molecule has 1 N–H and O–H groups in total. The van der Waals surface area contributed by atoms with Crippen molar-refractivity contribution in [2.75, 3.05) is 0 Å². The molecule has 3 heteroatoms. The quantitative estimate of drug-likeness (QED) is 0.854. The minimum atomic E-state index is 0.476. The molecule has 1 fully saturated rings. The Hall–Kier alpha value is -0.470. The van der Waals surface area contributed by atoms with E-state index in [2.05, 4.69) is 12.2 Å². The van der Waals surface area contributed by atoms with Crippen molar-refractivity contribution in [1.82, 2.24) is 5.32 Å². The summed E-state index contributed by atoms with van der Waals surface area (Å²) in [6, 6.07) is 4.38. The van der Waals surface area contributed by atoms with Gasteiger partial charge in [0.05, 0.1) is 6.54 Å². The van der Waals surface area contributed by atoms with Crippen molar-refractivity contribution >= 4 is 11.6 Å². The van der Waals surface area contributed by atoms with Crippen LogP contribution in [-0.4, -0.2) is 6.04 Å². The normalized spacial score (nSPS) is 26.8. The van der Waals surface area contributed by atoms with E-state index >= 15 is 0 Å². The highest BCUT2D eigenvalue weighted by Crippen LogP contribution is 2.24. The lowest BCUT2D eigenvalue weighted by molar-refractivity contribution is 0.294. The molecule has 1 heterocycles. The van der Waals surface area contributed by atoms with Crippen LogP contribution < -0.4 is 5.32 Å². The summed E-state index contributed by atoms with van der Waals surface area (Å²) >= 11 is 5.71. The van der Waals surface area contributed by atoms with Crippen LogP contribution in [-0.2, 0) is 6.54 Å². The van der Waals surface area contributed by atoms with Crippen LogP contribution in [0, 0.1) is 5.92 Å². The zero-order chi connectivity index (χ0) is 10.7. The second-order valence-electron chi connectivity index (χ2n) is 4.56. The summed E-state index contributed by atoms with van der Waals surface area (Å²) in [6.45, 7) is 3.13. The van der Waals surface area contributed by atoms with E-state index in [1.54, 1.807) is 6.07 Å². The molecule has 2 rings (SSSR count). The van der Waals surface area contributed by atoms with E-state index in [0.29, 0.717) is 11.3 Å². The van der Waals surface area contributed by atoms with Gasteiger partial charge in [-0.3, -0.25) is 0 Å². The van der Waals surface area contributed by atoms with Crippen LogP contribution in [0.4, 0.5) is 0 Å². The summed E-state index contributed by atoms with van der Waals surface area (Å²) in [5, 5.41) is 4.00. The summed E-state index contributed by atoms with van der Waals surface area (Å²) in [5.74, 6) is 1.79. The van der Waals surface area contributed by atoms with Gasteiger partial charge in [-0.1, -0.05) is 19.8 Å². The van der Waals surface area contributed by atoms with E-state index in [1.807, 2.05) is 6.07 Å². The van der Waals surface area contributed by atoms with Crippen LogP contribution in [0.3, 0.4) is 0 Å². The van der Waals surface area contributed by atoms with Gasteiger partial charge in [0.25, 0.3) is 0 Å². The van der Waals surface area contributed by atoms with Gasteiger partial charge in [0, 0.05) is 6.04 Å². The van der Waals surface area contributed by atoms with Crippen molar-refractivity contribution in [1.29, 1.82) is 0 Å². The van der Waals surface area contributed by atoms with Crippen molar-refractivity contribution in [3.63, 3.8) is 0 Å². The fourth-order valence-electron chi connectivity index (χ4n) is 2.31. The third-order valence-corrected chi connectivity index (χ3v) is 3.33. The molecule has 1 aliphatic rings. The lowest BCUT2D eigenvalue weighted by Gasteiger charge is -2.27. The van der Waals surface area contributed by atoms with Gasteiger partial charge in [-0.15, -0.1) is 0 Å². The minimum Gasteiger partial charge on any atom is -0.448 e. The first-order chi connectivity index (χ1) is 7.24. The first kappa shape index (κ1) is 11.0. The summed E-state index contributed by atoms with van der Waals surface area (Å²) in [4.78, 5) is 0. The van der Waals surface area contributed by atoms with E-state index in [0.717, 1.165) is 18.2 Å². The number of furan rings is 1. The Morgan fingerprint density at radius 2 is 2.33 bits per heavy atom. The third kappa shape index (κ3) is 3.25. The van der Waals surface area contributed by atoms with Crippen LogP contribution in [0.25, 0.3) is 0 Å². The molecule has 1 aliphatic carbocycles.